The highest BCUT2D eigenvalue weighted by atomic mass is 32.2. The highest BCUT2D eigenvalue weighted by molar-refractivity contribution is 7.99. The molecule has 18 heavy (non-hydrogen) atoms. The lowest BCUT2D eigenvalue weighted by atomic mass is 10.1. The summed E-state index contributed by atoms with van der Waals surface area (Å²) < 4.78 is 13.1. The minimum atomic E-state index is -0.501. The molecule has 0 spiro atoms. The van der Waals surface area contributed by atoms with Gasteiger partial charge in [0.05, 0.1) is 12.1 Å². The fourth-order valence-electron chi connectivity index (χ4n) is 2.00. The first-order valence-corrected chi connectivity index (χ1v) is 7.07. The van der Waals surface area contributed by atoms with Crippen molar-refractivity contribution in [1.82, 2.24) is 4.90 Å². The molecule has 3 nitrogen and oxygen atoms in total. The van der Waals surface area contributed by atoms with Gasteiger partial charge in [-0.25, -0.2) is 4.39 Å². The normalized spacial score (nSPS) is 20.9. The summed E-state index contributed by atoms with van der Waals surface area (Å²) in [4.78, 5) is 14.1. The second kappa shape index (κ2) is 5.71. The summed E-state index contributed by atoms with van der Waals surface area (Å²) in [5.74, 6) is 1.12. The average molecular weight is 269 g/mol. The van der Waals surface area contributed by atoms with Gasteiger partial charge in [0.1, 0.15) is 11.6 Å². The lowest BCUT2D eigenvalue weighted by molar-refractivity contribution is 0.0908. The molecule has 1 unspecified atom stereocenters. The van der Waals surface area contributed by atoms with E-state index in [2.05, 4.69) is 11.8 Å². The van der Waals surface area contributed by atoms with E-state index in [-0.39, 0.29) is 23.6 Å². The molecule has 1 heterocycles. The summed E-state index contributed by atoms with van der Waals surface area (Å²) in [6, 6.07) is 3.80. The maximum absolute atomic E-state index is 13.1. The van der Waals surface area contributed by atoms with Crippen molar-refractivity contribution < 1.29 is 14.3 Å². The minimum Gasteiger partial charge on any atom is -0.507 e. The molecular weight excluding hydrogens is 253 g/mol. The Labute approximate surface area is 110 Å². The standard InChI is InChI=1S/C13H16FNO2S/c1-9-8-18-5-4-15(9)7-13(17)11-6-10(14)2-3-12(11)16/h2-3,6,9,16H,4-5,7-8H2,1H3. The van der Waals surface area contributed by atoms with Crippen molar-refractivity contribution in [3.05, 3.63) is 29.6 Å². The molecule has 1 aromatic rings. The van der Waals surface area contributed by atoms with Gasteiger partial charge in [-0.2, -0.15) is 11.8 Å². The van der Waals surface area contributed by atoms with E-state index >= 15 is 0 Å². The third-order valence-electron chi connectivity index (χ3n) is 3.11. The van der Waals surface area contributed by atoms with Gasteiger partial charge in [0.2, 0.25) is 0 Å². The van der Waals surface area contributed by atoms with Gasteiger partial charge in [-0.3, -0.25) is 9.69 Å². The van der Waals surface area contributed by atoms with E-state index in [0.29, 0.717) is 6.04 Å². The van der Waals surface area contributed by atoms with E-state index in [1.54, 1.807) is 0 Å². The fraction of sp³-hybridized carbons (Fsp3) is 0.462. The van der Waals surface area contributed by atoms with Gasteiger partial charge in [0.25, 0.3) is 0 Å². The van der Waals surface area contributed by atoms with Crippen molar-refractivity contribution in [3.63, 3.8) is 0 Å². The molecule has 2 rings (SSSR count). The predicted molar refractivity (Wildman–Crippen MR) is 70.8 cm³/mol. The Morgan fingerprint density at radius 2 is 2.39 bits per heavy atom. The zero-order valence-corrected chi connectivity index (χ0v) is 11.0. The van der Waals surface area contributed by atoms with Gasteiger partial charge in [-0.1, -0.05) is 0 Å². The van der Waals surface area contributed by atoms with Crippen molar-refractivity contribution in [2.75, 3.05) is 24.6 Å². The molecule has 98 valence electrons. The monoisotopic (exact) mass is 269 g/mol. The third kappa shape index (κ3) is 3.03. The van der Waals surface area contributed by atoms with Gasteiger partial charge >= 0.3 is 0 Å². The zero-order valence-electron chi connectivity index (χ0n) is 10.2. The summed E-state index contributed by atoms with van der Waals surface area (Å²) in [7, 11) is 0. The molecule has 0 aromatic heterocycles. The number of benzene rings is 1. The maximum atomic E-state index is 13.1. The Kier molecular flexibility index (Phi) is 4.24. The maximum Gasteiger partial charge on any atom is 0.180 e. The first kappa shape index (κ1) is 13.4. The minimum absolute atomic E-state index is 0.0698. The van der Waals surface area contributed by atoms with Crippen LogP contribution in [0.2, 0.25) is 0 Å². The summed E-state index contributed by atoms with van der Waals surface area (Å²) in [5, 5.41) is 9.59. The van der Waals surface area contributed by atoms with Crippen LogP contribution in [0.15, 0.2) is 18.2 Å². The van der Waals surface area contributed by atoms with Gasteiger partial charge in [-0.15, -0.1) is 0 Å². The van der Waals surface area contributed by atoms with Crippen molar-refractivity contribution in [3.8, 4) is 5.75 Å². The van der Waals surface area contributed by atoms with E-state index in [4.69, 9.17) is 0 Å². The molecule has 0 aliphatic carbocycles. The van der Waals surface area contributed by atoms with Crippen LogP contribution in [0.1, 0.15) is 17.3 Å². The number of carbonyl (C=O) groups is 1. The molecule has 0 saturated carbocycles. The van der Waals surface area contributed by atoms with Crippen LogP contribution in [-0.2, 0) is 0 Å². The van der Waals surface area contributed by atoms with Gasteiger partial charge < -0.3 is 5.11 Å². The van der Waals surface area contributed by atoms with E-state index in [9.17, 15) is 14.3 Å². The molecule has 0 amide bonds. The van der Waals surface area contributed by atoms with Crippen LogP contribution in [0, 0.1) is 5.82 Å². The van der Waals surface area contributed by atoms with Crippen LogP contribution in [0.4, 0.5) is 4.39 Å². The second-order valence-corrected chi connectivity index (χ2v) is 5.63. The summed E-state index contributed by atoms with van der Waals surface area (Å²) >= 11 is 1.87. The summed E-state index contributed by atoms with van der Waals surface area (Å²) in [5.41, 5.74) is 0.0698. The molecule has 1 aliphatic rings. The number of ketones is 1. The molecule has 1 atom stereocenters. The third-order valence-corrected chi connectivity index (χ3v) is 4.30. The molecular formula is C13H16FNO2S. The fourth-order valence-corrected chi connectivity index (χ4v) is 3.08. The number of thioether (sulfide) groups is 1. The smallest absolute Gasteiger partial charge is 0.180 e. The van der Waals surface area contributed by atoms with Crippen molar-refractivity contribution >= 4 is 17.5 Å². The Hall–Kier alpha value is -1.07. The van der Waals surface area contributed by atoms with Gasteiger partial charge in [0.15, 0.2) is 5.78 Å². The highest BCUT2D eigenvalue weighted by Crippen LogP contribution is 2.21. The molecule has 1 N–H and O–H groups in total. The first-order valence-electron chi connectivity index (χ1n) is 5.91. The van der Waals surface area contributed by atoms with Crippen LogP contribution in [0.5, 0.6) is 5.75 Å². The van der Waals surface area contributed by atoms with Crippen LogP contribution in [0.3, 0.4) is 0 Å². The number of hydrogen-bond acceptors (Lipinski definition) is 4. The van der Waals surface area contributed by atoms with Crippen molar-refractivity contribution in [2.45, 2.75) is 13.0 Å². The molecule has 1 fully saturated rings. The van der Waals surface area contributed by atoms with E-state index < -0.39 is 5.82 Å². The SMILES string of the molecule is CC1CSCCN1CC(=O)c1cc(F)ccc1O. The summed E-state index contributed by atoms with van der Waals surface area (Å²) in [6.07, 6.45) is 0. The topological polar surface area (TPSA) is 40.5 Å². The molecule has 0 radical (unpaired) electrons. The Bertz CT molecular complexity index is 453. The number of phenolic OH excluding ortho intramolecular Hbond substituents is 1. The number of nitrogens with zero attached hydrogens (tertiary/aromatic N) is 1. The van der Waals surface area contributed by atoms with Crippen LogP contribution < -0.4 is 0 Å². The highest BCUT2D eigenvalue weighted by Gasteiger charge is 2.22. The average Bonchev–Trinajstić information content (AvgIpc) is 2.35. The lowest BCUT2D eigenvalue weighted by Gasteiger charge is -2.32. The number of aromatic hydroxyl groups is 1. The number of rotatable bonds is 3. The Balaban J connectivity index is 2.09. The van der Waals surface area contributed by atoms with Crippen LogP contribution >= 0.6 is 11.8 Å². The number of halogens is 1. The predicted octanol–water partition coefficient (Wildman–Crippen LogP) is 2.15. The van der Waals surface area contributed by atoms with E-state index in [1.165, 1.54) is 6.07 Å². The molecule has 1 aromatic carbocycles. The number of hydrogen-bond donors (Lipinski definition) is 1. The zero-order chi connectivity index (χ0) is 13.1. The molecule has 5 heteroatoms. The molecule has 1 aliphatic heterocycles. The quantitative estimate of drug-likeness (QED) is 0.854. The largest absolute Gasteiger partial charge is 0.507 e. The van der Waals surface area contributed by atoms with Gasteiger partial charge in [-0.05, 0) is 25.1 Å². The second-order valence-electron chi connectivity index (χ2n) is 4.48. The first-order chi connectivity index (χ1) is 8.58. The number of Topliss-reactive ketones (excluding diaryl/α,β-unsaturated/α-hetero) is 1. The number of phenols is 1. The van der Waals surface area contributed by atoms with Crippen molar-refractivity contribution in [2.24, 2.45) is 0 Å². The number of carbonyl (C=O) groups excluding carboxylic acids is 1. The van der Waals surface area contributed by atoms with Crippen LogP contribution in [-0.4, -0.2) is 46.4 Å². The molecule has 0 bridgehead atoms. The van der Waals surface area contributed by atoms with E-state index in [0.717, 1.165) is 30.2 Å². The van der Waals surface area contributed by atoms with Crippen LogP contribution in [0.25, 0.3) is 0 Å². The van der Waals surface area contributed by atoms with Crippen molar-refractivity contribution in [1.29, 1.82) is 0 Å². The van der Waals surface area contributed by atoms with E-state index in [1.807, 2.05) is 11.8 Å². The molecule has 1 saturated heterocycles. The Morgan fingerprint density at radius 1 is 1.61 bits per heavy atom. The lowest BCUT2D eigenvalue weighted by Crippen LogP contribution is -2.43. The summed E-state index contributed by atoms with van der Waals surface area (Å²) in [6.45, 7) is 3.16. The van der Waals surface area contributed by atoms with Gasteiger partial charge in [0, 0.05) is 24.1 Å². The Morgan fingerprint density at radius 3 is 3.11 bits per heavy atom.